The van der Waals surface area contributed by atoms with E-state index in [1.54, 1.807) is 35.6 Å². The van der Waals surface area contributed by atoms with Crippen LogP contribution in [0, 0.1) is 0 Å². The summed E-state index contributed by atoms with van der Waals surface area (Å²) in [5, 5.41) is 3.66. The van der Waals surface area contributed by atoms with Crippen molar-refractivity contribution in [3.63, 3.8) is 0 Å². The van der Waals surface area contributed by atoms with Gasteiger partial charge in [-0.15, -0.1) is 11.3 Å². The zero-order valence-corrected chi connectivity index (χ0v) is 11.1. The number of thiophene rings is 1. The highest BCUT2D eigenvalue weighted by Gasteiger charge is 2.06. The molecule has 0 aliphatic carbocycles. The van der Waals surface area contributed by atoms with E-state index in [0.717, 1.165) is 27.7 Å². The molecule has 0 unspecified atom stereocenters. The van der Waals surface area contributed by atoms with E-state index in [9.17, 15) is 0 Å². The minimum absolute atomic E-state index is 0.561. The molecule has 2 N–H and O–H groups in total. The summed E-state index contributed by atoms with van der Waals surface area (Å²) in [5.74, 6) is 1.46. The monoisotopic (exact) mass is 277 g/mol. The quantitative estimate of drug-likeness (QED) is 0.585. The molecule has 0 fully saturated rings. The van der Waals surface area contributed by atoms with Crippen LogP contribution in [0.15, 0.2) is 35.3 Å². The van der Waals surface area contributed by atoms with Crippen molar-refractivity contribution in [3.05, 3.63) is 30.2 Å². The molecule has 5 nitrogen and oxygen atoms in total. The van der Waals surface area contributed by atoms with E-state index in [-0.39, 0.29) is 0 Å². The molecule has 0 radical (unpaired) electrons. The van der Waals surface area contributed by atoms with Crippen LogP contribution < -0.4 is 5.73 Å². The maximum Gasteiger partial charge on any atom is 0.190 e. The predicted octanol–water partition coefficient (Wildman–Crippen LogP) is 2.26. The lowest BCUT2D eigenvalue weighted by Gasteiger charge is -2.03. The van der Waals surface area contributed by atoms with Gasteiger partial charge >= 0.3 is 0 Å². The van der Waals surface area contributed by atoms with Gasteiger partial charge in [0.15, 0.2) is 5.16 Å². The number of aryl methyl sites for hydroxylation is 1. The zero-order chi connectivity index (χ0) is 12.4. The van der Waals surface area contributed by atoms with E-state index in [4.69, 9.17) is 5.73 Å². The summed E-state index contributed by atoms with van der Waals surface area (Å²) >= 11 is 3.19. The molecule has 0 aliphatic rings. The van der Waals surface area contributed by atoms with E-state index in [1.165, 1.54) is 0 Å². The molecule has 0 atom stereocenters. The number of imidazole rings is 1. The van der Waals surface area contributed by atoms with E-state index < -0.39 is 0 Å². The Hall–Kier alpha value is -1.60. The molecule has 0 saturated carbocycles. The van der Waals surface area contributed by atoms with E-state index in [0.29, 0.717) is 5.82 Å². The number of rotatable bonds is 4. The van der Waals surface area contributed by atoms with E-state index >= 15 is 0 Å². The summed E-state index contributed by atoms with van der Waals surface area (Å²) in [5.41, 5.74) is 5.89. The maximum atomic E-state index is 5.89. The van der Waals surface area contributed by atoms with Crippen LogP contribution in [0.1, 0.15) is 0 Å². The second kappa shape index (κ2) is 4.95. The normalized spacial score (nSPS) is 11.1. The number of nitrogens with two attached hydrogens (primary N) is 1. The molecular formula is C11H11N5S2. The minimum atomic E-state index is 0.561. The van der Waals surface area contributed by atoms with Crippen molar-refractivity contribution in [1.29, 1.82) is 0 Å². The Bertz CT molecular complexity index is 647. The third kappa shape index (κ3) is 2.32. The molecule has 92 valence electrons. The molecule has 0 aromatic carbocycles. The first-order chi connectivity index (χ1) is 8.83. The van der Waals surface area contributed by atoms with Gasteiger partial charge in [-0.3, -0.25) is 0 Å². The molecule has 7 heteroatoms. The molecule has 0 saturated heterocycles. The Morgan fingerprint density at radius 2 is 2.33 bits per heavy atom. The smallest absolute Gasteiger partial charge is 0.190 e. The van der Waals surface area contributed by atoms with Crippen molar-refractivity contribution >= 4 is 39.1 Å². The lowest BCUT2D eigenvalue weighted by Crippen LogP contribution is -1.99. The van der Waals surface area contributed by atoms with Gasteiger partial charge in [0.25, 0.3) is 0 Å². The third-order valence-corrected chi connectivity index (χ3v) is 4.11. The van der Waals surface area contributed by atoms with Crippen LogP contribution in [0.25, 0.3) is 10.2 Å². The first-order valence-corrected chi connectivity index (χ1v) is 7.29. The Labute approximate surface area is 112 Å². The fourth-order valence-corrected chi connectivity index (χ4v) is 3.22. The van der Waals surface area contributed by atoms with Gasteiger partial charge in [0, 0.05) is 24.7 Å². The average molecular weight is 277 g/mol. The standard InChI is InChI=1S/C11H11N5S2/c12-9-8-1-5-17-10(8)15-11(14-9)18-6-4-16-3-2-13-7-16/h1-3,5,7H,4,6H2,(H2,12,14,15). The van der Waals surface area contributed by atoms with Crippen molar-refractivity contribution in [2.45, 2.75) is 11.7 Å². The maximum absolute atomic E-state index is 5.89. The van der Waals surface area contributed by atoms with E-state index in [2.05, 4.69) is 15.0 Å². The Balaban J connectivity index is 1.70. The molecule has 3 heterocycles. The summed E-state index contributed by atoms with van der Waals surface area (Å²) in [6.07, 6.45) is 5.52. The topological polar surface area (TPSA) is 69.6 Å². The average Bonchev–Trinajstić information content (AvgIpc) is 2.99. The van der Waals surface area contributed by atoms with Gasteiger partial charge in [0.05, 0.1) is 11.7 Å². The van der Waals surface area contributed by atoms with Crippen LogP contribution in [-0.2, 0) is 6.54 Å². The fraction of sp³-hybridized carbons (Fsp3) is 0.182. The fourth-order valence-electron chi connectivity index (χ4n) is 1.58. The molecule has 0 bridgehead atoms. The van der Waals surface area contributed by atoms with E-state index in [1.807, 2.05) is 22.2 Å². The second-order valence-electron chi connectivity index (χ2n) is 3.68. The summed E-state index contributed by atoms with van der Waals surface area (Å²) in [4.78, 5) is 13.7. The first kappa shape index (κ1) is 11.5. The highest BCUT2D eigenvalue weighted by molar-refractivity contribution is 7.99. The number of hydrogen-bond donors (Lipinski definition) is 1. The molecule has 0 spiro atoms. The zero-order valence-electron chi connectivity index (χ0n) is 9.48. The summed E-state index contributed by atoms with van der Waals surface area (Å²) in [6.45, 7) is 0.885. The molecule has 3 aromatic rings. The van der Waals surface area contributed by atoms with Crippen LogP contribution in [0.2, 0.25) is 0 Å². The number of fused-ring (bicyclic) bond motifs is 1. The molecular weight excluding hydrogens is 266 g/mol. The highest BCUT2D eigenvalue weighted by Crippen LogP contribution is 2.26. The van der Waals surface area contributed by atoms with Gasteiger partial charge in [-0.25, -0.2) is 15.0 Å². The number of hydrogen-bond acceptors (Lipinski definition) is 6. The largest absolute Gasteiger partial charge is 0.383 e. The minimum Gasteiger partial charge on any atom is -0.383 e. The Kier molecular flexibility index (Phi) is 3.16. The van der Waals surface area contributed by atoms with Gasteiger partial charge in [0.1, 0.15) is 10.6 Å². The lowest BCUT2D eigenvalue weighted by atomic mass is 10.4. The third-order valence-electron chi connectivity index (χ3n) is 2.47. The number of nitrogens with zero attached hydrogens (tertiary/aromatic N) is 4. The Morgan fingerprint density at radius 3 is 3.17 bits per heavy atom. The Morgan fingerprint density at radius 1 is 1.39 bits per heavy atom. The van der Waals surface area contributed by atoms with Crippen LogP contribution in [0.4, 0.5) is 5.82 Å². The highest BCUT2D eigenvalue weighted by atomic mass is 32.2. The van der Waals surface area contributed by atoms with Gasteiger partial charge in [-0.2, -0.15) is 0 Å². The van der Waals surface area contributed by atoms with Crippen molar-refractivity contribution in [2.24, 2.45) is 0 Å². The van der Waals surface area contributed by atoms with Gasteiger partial charge in [0.2, 0.25) is 0 Å². The molecule has 18 heavy (non-hydrogen) atoms. The van der Waals surface area contributed by atoms with Gasteiger partial charge < -0.3 is 10.3 Å². The number of nitrogen functional groups attached to an aromatic ring is 1. The summed E-state index contributed by atoms with van der Waals surface area (Å²) in [7, 11) is 0. The van der Waals surface area contributed by atoms with Crippen molar-refractivity contribution < 1.29 is 0 Å². The first-order valence-electron chi connectivity index (χ1n) is 5.42. The molecule has 0 amide bonds. The van der Waals surface area contributed by atoms with Crippen LogP contribution in [-0.4, -0.2) is 25.3 Å². The summed E-state index contributed by atoms with van der Waals surface area (Å²) in [6, 6.07) is 1.95. The number of thioether (sulfide) groups is 1. The molecule has 0 aliphatic heterocycles. The van der Waals surface area contributed by atoms with Crippen molar-refractivity contribution in [2.75, 3.05) is 11.5 Å². The predicted molar refractivity (Wildman–Crippen MR) is 74.8 cm³/mol. The lowest BCUT2D eigenvalue weighted by molar-refractivity contribution is 0.769. The molecule has 3 rings (SSSR count). The van der Waals surface area contributed by atoms with Crippen LogP contribution in [0.3, 0.4) is 0 Å². The second-order valence-corrected chi connectivity index (χ2v) is 5.64. The van der Waals surface area contributed by atoms with Gasteiger partial charge in [-0.05, 0) is 11.4 Å². The van der Waals surface area contributed by atoms with Crippen molar-refractivity contribution in [1.82, 2.24) is 19.5 Å². The van der Waals surface area contributed by atoms with Crippen LogP contribution >= 0.6 is 23.1 Å². The van der Waals surface area contributed by atoms with Crippen molar-refractivity contribution in [3.8, 4) is 0 Å². The van der Waals surface area contributed by atoms with Gasteiger partial charge in [-0.1, -0.05) is 11.8 Å². The summed E-state index contributed by atoms with van der Waals surface area (Å²) < 4.78 is 2.03. The molecule has 3 aromatic heterocycles. The number of anilines is 1. The SMILES string of the molecule is Nc1nc(SCCn2ccnc2)nc2sccc12. The number of aromatic nitrogens is 4. The van der Waals surface area contributed by atoms with Crippen LogP contribution in [0.5, 0.6) is 0 Å².